The number of rotatable bonds is 10. The molecule has 228 valence electrons. The second kappa shape index (κ2) is 13.3. The number of carbonyl (C=O) groups is 4. The summed E-state index contributed by atoms with van der Waals surface area (Å²) in [5, 5.41) is 46.4. The fourth-order valence-corrected chi connectivity index (χ4v) is 6.55. The second-order valence-corrected chi connectivity index (χ2v) is 12.1. The number of phenolic OH excluding ortho intramolecular Hbond substituents is 2. The lowest BCUT2D eigenvalue weighted by Gasteiger charge is -2.15. The van der Waals surface area contributed by atoms with E-state index in [0.717, 1.165) is 69.7 Å². The molecule has 0 spiro atoms. The first-order chi connectivity index (χ1) is 20.8. The van der Waals surface area contributed by atoms with E-state index in [2.05, 4.69) is 10.6 Å². The van der Waals surface area contributed by atoms with Crippen molar-refractivity contribution < 1.29 is 39.2 Å². The highest BCUT2D eigenvalue weighted by Gasteiger charge is 2.42. The van der Waals surface area contributed by atoms with Crippen molar-refractivity contribution >= 4 is 103 Å². The highest BCUT2D eigenvalue weighted by atomic mass is 32.2. The van der Waals surface area contributed by atoms with Crippen LogP contribution >= 0.6 is 48.0 Å². The molecule has 2 aliphatic heterocycles. The van der Waals surface area contributed by atoms with Gasteiger partial charge < -0.3 is 20.8 Å². The molecule has 0 bridgehead atoms. The van der Waals surface area contributed by atoms with Gasteiger partial charge in [0.2, 0.25) is 11.8 Å². The van der Waals surface area contributed by atoms with Crippen molar-refractivity contribution in [3.8, 4) is 11.5 Å². The van der Waals surface area contributed by atoms with Crippen molar-refractivity contribution in [3.05, 3.63) is 66.4 Å². The first-order valence-electron chi connectivity index (χ1n) is 12.1. The summed E-state index contributed by atoms with van der Waals surface area (Å²) in [4.78, 5) is 73.9. The number of benzene rings is 2. The van der Waals surface area contributed by atoms with Gasteiger partial charge in [0.25, 0.3) is 23.2 Å². The van der Waals surface area contributed by atoms with Crippen LogP contribution in [0.1, 0.15) is 12.8 Å². The van der Waals surface area contributed by atoms with Crippen LogP contribution in [0.2, 0.25) is 0 Å². The molecule has 2 heterocycles. The predicted molar refractivity (Wildman–Crippen MR) is 167 cm³/mol. The summed E-state index contributed by atoms with van der Waals surface area (Å²) in [6, 6.07) is 6.20. The molecule has 0 aromatic heterocycles. The fourth-order valence-electron chi connectivity index (χ4n) is 3.78. The summed E-state index contributed by atoms with van der Waals surface area (Å²) in [5.74, 6) is -3.42. The number of hydrogen-bond donors (Lipinski definition) is 4. The van der Waals surface area contributed by atoms with Gasteiger partial charge in [-0.05, 0) is 12.1 Å². The van der Waals surface area contributed by atoms with E-state index >= 15 is 0 Å². The molecular formula is C24H18N6O10S4. The van der Waals surface area contributed by atoms with Gasteiger partial charge in [0.15, 0.2) is 0 Å². The van der Waals surface area contributed by atoms with Crippen LogP contribution < -0.4 is 10.6 Å². The van der Waals surface area contributed by atoms with Crippen LogP contribution in [0.25, 0.3) is 0 Å². The number of hydrogen-bond acceptors (Lipinski definition) is 14. The number of phenols is 2. The molecule has 4 rings (SSSR count). The average Bonchev–Trinajstić information content (AvgIpc) is 3.40. The van der Waals surface area contributed by atoms with Gasteiger partial charge in [0, 0.05) is 50.2 Å². The Morgan fingerprint density at radius 1 is 0.750 bits per heavy atom. The van der Waals surface area contributed by atoms with Crippen LogP contribution in [0, 0.1) is 20.2 Å². The normalized spacial score (nSPS) is 16.5. The molecule has 0 aliphatic carbocycles. The molecule has 0 saturated carbocycles. The molecular weight excluding hydrogens is 661 g/mol. The molecule has 16 nitrogen and oxygen atoms in total. The third-order valence-electron chi connectivity index (χ3n) is 5.96. The smallest absolute Gasteiger partial charge is 0.271 e. The molecule has 2 saturated heterocycles. The molecule has 0 unspecified atom stereocenters. The number of non-ortho nitro benzene ring substituents is 2. The zero-order valence-corrected chi connectivity index (χ0v) is 25.1. The monoisotopic (exact) mass is 678 g/mol. The van der Waals surface area contributed by atoms with E-state index in [1.165, 1.54) is 0 Å². The molecule has 20 heteroatoms. The number of nitrogens with one attached hydrogen (secondary N) is 2. The molecule has 2 aromatic rings. The first kappa shape index (κ1) is 32.3. The maximum Gasteiger partial charge on any atom is 0.271 e. The van der Waals surface area contributed by atoms with Crippen molar-refractivity contribution in [3.63, 3.8) is 0 Å². The van der Waals surface area contributed by atoms with Crippen molar-refractivity contribution in [1.29, 1.82) is 0 Å². The number of carbonyl (C=O) groups excluding carboxylic acids is 4. The van der Waals surface area contributed by atoms with Gasteiger partial charge in [-0.2, -0.15) is 0 Å². The number of nitro groups is 2. The van der Waals surface area contributed by atoms with Gasteiger partial charge in [0.05, 0.1) is 31.0 Å². The highest BCUT2D eigenvalue weighted by molar-refractivity contribution is 8.29. The molecule has 4 amide bonds. The number of thioether (sulfide) groups is 2. The fraction of sp³-hybridized carbons (Fsp3) is 0.167. The summed E-state index contributed by atoms with van der Waals surface area (Å²) in [5.41, 5.74) is -1.08. The van der Waals surface area contributed by atoms with Gasteiger partial charge in [0.1, 0.15) is 20.1 Å². The first-order valence-corrected chi connectivity index (χ1v) is 14.6. The molecule has 2 fully saturated rings. The Labute approximate surface area is 265 Å². The zero-order chi connectivity index (χ0) is 32.3. The van der Waals surface area contributed by atoms with Crippen molar-refractivity contribution in [1.82, 2.24) is 9.80 Å². The van der Waals surface area contributed by atoms with Gasteiger partial charge in [-0.1, -0.05) is 48.0 Å². The van der Waals surface area contributed by atoms with Crippen LogP contribution in [-0.4, -0.2) is 75.2 Å². The topological polar surface area (TPSA) is 226 Å². The summed E-state index contributed by atoms with van der Waals surface area (Å²) in [6.07, 6.45) is -0.587. The molecule has 4 N–H and O–H groups in total. The van der Waals surface area contributed by atoms with Crippen molar-refractivity contribution in [2.24, 2.45) is 0 Å². The van der Waals surface area contributed by atoms with Crippen molar-refractivity contribution in [2.45, 2.75) is 12.8 Å². The minimum Gasteiger partial charge on any atom is -0.506 e. The number of anilines is 2. The van der Waals surface area contributed by atoms with E-state index < -0.39 is 45.0 Å². The van der Waals surface area contributed by atoms with Gasteiger partial charge >= 0.3 is 0 Å². The third kappa shape index (κ3) is 7.10. The second-order valence-electron chi connectivity index (χ2n) is 8.82. The maximum atomic E-state index is 13.1. The van der Waals surface area contributed by atoms with E-state index in [1.807, 2.05) is 0 Å². The zero-order valence-electron chi connectivity index (χ0n) is 21.9. The molecule has 0 radical (unpaired) electrons. The van der Waals surface area contributed by atoms with Gasteiger partial charge in [-0.3, -0.25) is 49.2 Å². The van der Waals surface area contributed by atoms with Crippen LogP contribution in [-0.2, 0) is 19.2 Å². The van der Waals surface area contributed by atoms with Crippen LogP contribution in [0.15, 0.2) is 46.2 Å². The minimum absolute atomic E-state index is 0.0162. The van der Waals surface area contributed by atoms with E-state index in [-0.39, 0.29) is 67.1 Å². The highest BCUT2D eigenvalue weighted by Crippen LogP contribution is 2.42. The number of nitro benzene ring substituents is 2. The Hall–Kier alpha value is -4.66. The van der Waals surface area contributed by atoms with Gasteiger partial charge in [-0.15, -0.1) is 0 Å². The van der Waals surface area contributed by atoms with E-state index in [9.17, 15) is 49.6 Å². The predicted octanol–water partition coefficient (Wildman–Crippen LogP) is 3.20. The molecule has 44 heavy (non-hydrogen) atoms. The lowest BCUT2D eigenvalue weighted by molar-refractivity contribution is -0.385. The maximum absolute atomic E-state index is 13.1. The van der Waals surface area contributed by atoms with E-state index in [0.29, 0.717) is 0 Å². The Bertz CT molecular complexity index is 1580. The van der Waals surface area contributed by atoms with Crippen LogP contribution in [0.4, 0.5) is 22.7 Å². The Kier molecular flexibility index (Phi) is 9.77. The number of aromatic hydroxyl groups is 2. The largest absolute Gasteiger partial charge is 0.506 e. The lowest BCUT2D eigenvalue weighted by atomic mass is 10.2. The quantitative estimate of drug-likeness (QED) is 0.0931. The Balaban J connectivity index is 1.36. The number of thiocarbonyl (C=S) groups is 2. The summed E-state index contributed by atoms with van der Waals surface area (Å²) < 4.78 is 0.134. The van der Waals surface area contributed by atoms with Gasteiger partial charge in [-0.25, -0.2) is 0 Å². The van der Waals surface area contributed by atoms with Crippen LogP contribution in [0.3, 0.4) is 0 Å². The van der Waals surface area contributed by atoms with E-state index in [1.54, 1.807) is 0 Å². The minimum atomic E-state index is -0.696. The lowest BCUT2D eigenvalue weighted by Crippen LogP contribution is -2.33. The Morgan fingerprint density at radius 2 is 1.11 bits per heavy atom. The Morgan fingerprint density at radius 3 is 1.45 bits per heavy atom. The van der Waals surface area contributed by atoms with Crippen LogP contribution in [0.5, 0.6) is 11.5 Å². The third-order valence-corrected chi connectivity index (χ3v) is 8.99. The summed E-state index contributed by atoms with van der Waals surface area (Å²) in [6.45, 7) is -0.388. The average molecular weight is 679 g/mol. The number of nitrogens with zero attached hydrogens (tertiary/aromatic N) is 4. The van der Waals surface area contributed by atoms with E-state index in [4.69, 9.17) is 24.4 Å². The summed E-state index contributed by atoms with van der Waals surface area (Å²) in [7, 11) is 0. The number of amides is 4. The molecule has 2 aromatic carbocycles. The van der Waals surface area contributed by atoms with Crippen molar-refractivity contribution in [2.75, 3.05) is 23.7 Å². The molecule has 0 atom stereocenters. The molecule has 2 aliphatic rings. The summed E-state index contributed by atoms with van der Waals surface area (Å²) >= 11 is 12.2. The SMILES string of the molecule is O=C(CCN1C(=O)C(=C2SC(=S)N(CCC(=O)Nc3cc([N+](=O)[O-])ccc3O)C2=O)SC1=S)Nc1cc([N+](=O)[O-])ccc1O. The standard InChI is InChI=1S/C24H18N6O10S4/c31-15-3-1-11(29(37)38)9-13(15)25-17(33)5-7-27-21(35)19(43-23(27)41)20-22(36)28(24(42)44-20)8-6-18(34)26-14-10-12(30(39)40)2-4-16(14)32/h1-4,9-10,31-32H,5-8H2,(H,25,33)(H,26,34).